The quantitative estimate of drug-likeness (QED) is 0.134. The average Bonchev–Trinajstić information content (AvgIpc) is 2.45. The molecule has 0 atom stereocenters. The van der Waals surface area contributed by atoms with Crippen LogP contribution in [0.15, 0.2) is 10.2 Å². The molecule has 22 heavy (non-hydrogen) atoms. The van der Waals surface area contributed by atoms with Gasteiger partial charge < -0.3 is 10.6 Å². The molecule has 0 aliphatic heterocycles. The summed E-state index contributed by atoms with van der Waals surface area (Å²) in [5, 5.41) is 14.1. The highest BCUT2D eigenvalue weighted by molar-refractivity contribution is 7.85. The predicted molar refractivity (Wildman–Crippen MR) is 95.8 cm³/mol. The third-order valence-electron chi connectivity index (χ3n) is 2.27. The zero-order chi connectivity index (χ0) is 17.2. The standard InChI is InChI=1S/C10H20N6O3S3/c1-7(13-15-9(20)11-3)8(2)14-16-10(21)12-5-4-6-22(17,18)19/h4-6H2,1-3H3,(H2,11,15,20)(H2,12,16,21)(H,17,18,19)/b13-7+,14-8-. The second kappa shape index (κ2) is 10.4. The molecular formula is C10H20N6O3S3. The van der Waals surface area contributed by atoms with Crippen LogP contribution in [0.3, 0.4) is 0 Å². The van der Waals surface area contributed by atoms with E-state index in [1.807, 2.05) is 0 Å². The van der Waals surface area contributed by atoms with Gasteiger partial charge in [0.15, 0.2) is 10.2 Å². The maximum atomic E-state index is 10.5. The summed E-state index contributed by atoms with van der Waals surface area (Å²) < 4.78 is 29.6. The van der Waals surface area contributed by atoms with Crippen molar-refractivity contribution in [2.24, 2.45) is 10.2 Å². The first-order valence-corrected chi connectivity index (χ1v) is 8.64. The summed E-state index contributed by atoms with van der Waals surface area (Å²) in [4.78, 5) is 0. The van der Waals surface area contributed by atoms with Crippen LogP contribution in [0, 0.1) is 0 Å². The van der Waals surface area contributed by atoms with Gasteiger partial charge in [-0.25, -0.2) is 0 Å². The lowest BCUT2D eigenvalue weighted by molar-refractivity contribution is 0.481. The molecule has 0 rings (SSSR count). The Labute approximate surface area is 140 Å². The van der Waals surface area contributed by atoms with Crippen molar-refractivity contribution >= 4 is 56.2 Å². The molecule has 12 heteroatoms. The van der Waals surface area contributed by atoms with Crippen LogP contribution in [0.2, 0.25) is 0 Å². The Morgan fingerprint density at radius 1 is 1.09 bits per heavy atom. The molecule has 0 aliphatic rings. The molecule has 0 aromatic heterocycles. The largest absolute Gasteiger partial charge is 0.364 e. The van der Waals surface area contributed by atoms with Crippen LogP contribution >= 0.6 is 24.4 Å². The second-order valence-corrected chi connectivity index (χ2v) is 6.48. The predicted octanol–water partition coefficient (Wildman–Crippen LogP) is -0.426. The van der Waals surface area contributed by atoms with Crippen LogP contribution in [0.25, 0.3) is 0 Å². The van der Waals surface area contributed by atoms with E-state index >= 15 is 0 Å². The lowest BCUT2D eigenvalue weighted by Gasteiger charge is -2.07. The van der Waals surface area contributed by atoms with Crippen molar-refractivity contribution in [1.29, 1.82) is 0 Å². The van der Waals surface area contributed by atoms with Crippen LogP contribution in [0.1, 0.15) is 20.3 Å². The number of hydrogen-bond donors (Lipinski definition) is 5. The van der Waals surface area contributed by atoms with E-state index in [2.05, 4.69) is 31.7 Å². The summed E-state index contributed by atoms with van der Waals surface area (Å²) >= 11 is 9.84. The fourth-order valence-electron chi connectivity index (χ4n) is 0.983. The Morgan fingerprint density at radius 2 is 1.59 bits per heavy atom. The molecule has 0 aromatic rings. The molecule has 0 aromatic carbocycles. The zero-order valence-electron chi connectivity index (χ0n) is 12.5. The van der Waals surface area contributed by atoms with Crippen molar-refractivity contribution < 1.29 is 13.0 Å². The second-order valence-electron chi connectivity index (χ2n) is 4.09. The molecule has 0 radical (unpaired) electrons. The summed E-state index contributed by atoms with van der Waals surface area (Å²) in [5.41, 5.74) is 6.43. The maximum absolute atomic E-state index is 10.5. The van der Waals surface area contributed by atoms with Gasteiger partial charge in [0.2, 0.25) is 0 Å². The van der Waals surface area contributed by atoms with Gasteiger partial charge in [0.1, 0.15) is 0 Å². The van der Waals surface area contributed by atoms with Gasteiger partial charge in [-0.1, -0.05) is 0 Å². The van der Waals surface area contributed by atoms with E-state index in [4.69, 9.17) is 29.0 Å². The summed E-state index contributed by atoms with van der Waals surface area (Å²) in [6.07, 6.45) is 0.231. The van der Waals surface area contributed by atoms with Crippen LogP contribution in [-0.2, 0) is 10.1 Å². The Hall–Kier alpha value is -1.37. The van der Waals surface area contributed by atoms with Gasteiger partial charge in [-0.05, 0) is 44.7 Å². The van der Waals surface area contributed by atoms with Gasteiger partial charge >= 0.3 is 0 Å². The van der Waals surface area contributed by atoms with E-state index < -0.39 is 10.1 Å². The molecule has 9 nitrogen and oxygen atoms in total. The van der Waals surface area contributed by atoms with Crippen LogP contribution in [0.5, 0.6) is 0 Å². The average molecular weight is 369 g/mol. The summed E-state index contributed by atoms with van der Waals surface area (Å²) in [6.45, 7) is 3.77. The molecule has 0 bridgehead atoms. The van der Waals surface area contributed by atoms with Crippen molar-refractivity contribution in [3.05, 3.63) is 0 Å². The van der Waals surface area contributed by atoms with Crippen molar-refractivity contribution in [3.63, 3.8) is 0 Å². The minimum absolute atomic E-state index is 0.231. The highest BCUT2D eigenvalue weighted by atomic mass is 32.2. The molecule has 5 N–H and O–H groups in total. The Bertz CT molecular complexity index is 558. The number of thiocarbonyl (C=S) groups is 2. The van der Waals surface area contributed by atoms with Crippen LogP contribution < -0.4 is 21.5 Å². The monoisotopic (exact) mass is 368 g/mol. The van der Waals surface area contributed by atoms with Gasteiger partial charge in [0.25, 0.3) is 10.1 Å². The maximum Gasteiger partial charge on any atom is 0.264 e. The zero-order valence-corrected chi connectivity index (χ0v) is 15.0. The Balaban J connectivity index is 4.17. The number of rotatable bonds is 7. The van der Waals surface area contributed by atoms with Crippen molar-refractivity contribution in [3.8, 4) is 0 Å². The van der Waals surface area contributed by atoms with Gasteiger partial charge in [0, 0.05) is 13.6 Å². The third-order valence-corrected chi connectivity index (χ3v) is 3.60. The fraction of sp³-hybridized carbons (Fsp3) is 0.600. The van der Waals surface area contributed by atoms with E-state index in [0.717, 1.165) is 0 Å². The molecular weight excluding hydrogens is 348 g/mol. The molecule has 126 valence electrons. The fourth-order valence-corrected chi connectivity index (χ4v) is 1.69. The Morgan fingerprint density at radius 3 is 2.05 bits per heavy atom. The molecule has 0 amide bonds. The highest BCUT2D eigenvalue weighted by Crippen LogP contribution is 1.87. The Kier molecular flexibility index (Phi) is 9.73. The molecule has 0 unspecified atom stereocenters. The molecule has 0 saturated heterocycles. The molecule has 0 aliphatic carbocycles. The molecule has 0 spiro atoms. The minimum atomic E-state index is -3.94. The number of nitrogens with zero attached hydrogens (tertiary/aromatic N) is 2. The summed E-state index contributed by atoms with van der Waals surface area (Å²) in [7, 11) is -2.27. The third kappa shape index (κ3) is 11.3. The first-order chi connectivity index (χ1) is 10.2. The molecule has 0 fully saturated rings. The number of hydrogen-bond acceptors (Lipinski definition) is 6. The minimum Gasteiger partial charge on any atom is -0.364 e. The van der Waals surface area contributed by atoms with E-state index in [1.54, 1.807) is 20.9 Å². The van der Waals surface area contributed by atoms with E-state index in [1.165, 1.54) is 0 Å². The van der Waals surface area contributed by atoms with Crippen LogP contribution in [0.4, 0.5) is 0 Å². The van der Waals surface area contributed by atoms with Crippen molar-refractivity contribution in [2.45, 2.75) is 20.3 Å². The normalized spacial score (nSPS) is 12.5. The smallest absolute Gasteiger partial charge is 0.264 e. The first-order valence-electron chi connectivity index (χ1n) is 6.21. The van der Waals surface area contributed by atoms with Gasteiger partial charge in [-0.2, -0.15) is 18.6 Å². The van der Waals surface area contributed by atoms with Gasteiger partial charge in [-0.15, -0.1) is 0 Å². The molecule has 0 saturated carbocycles. The van der Waals surface area contributed by atoms with E-state index in [-0.39, 0.29) is 17.3 Å². The summed E-state index contributed by atoms with van der Waals surface area (Å²) in [5.74, 6) is -0.326. The number of nitrogens with one attached hydrogen (secondary N) is 4. The van der Waals surface area contributed by atoms with Gasteiger partial charge in [0.05, 0.1) is 17.2 Å². The SMILES string of the molecule is CNC(=S)N/N=C(C)/C(C)=N\NC(=S)NCCCS(=O)(=O)O. The summed E-state index contributed by atoms with van der Waals surface area (Å²) in [6, 6.07) is 0. The highest BCUT2D eigenvalue weighted by Gasteiger charge is 2.04. The van der Waals surface area contributed by atoms with Crippen molar-refractivity contribution in [1.82, 2.24) is 21.5 Å². The lowest BCUT2D eigenvalue weighted by atomic mass is 10.3. The lowest BCUT2D eigenvalue weighted by Crippen LogP contribution is -2.34. The number of hydrazone groups is 2. The first kappa shape index (κ1) is 20.6. The van der Waals surface area contributed by atoms with Crippen molar-refractivity contribution in [2.75, 3.05) is 19.3 Å². The van der Waals surface area contributed by atoms with Crippen LogP contribution in [-0.4, -0.2) is 54.0 Å². The topological polar surface area (TPSA) is 127 Å². The van der Waals surface area contributed by atoms with Gasteiger partial charge in [-0.3, -0.25) is 15.4 Å². The van der Waals surface area contributed by atoms with E-state index in [0.29, 0.717) is 23.1 Å². The van der Waals surface area contributed by atoms with E-state index in [9.17, 15) is 8.42 Å². The molecule has 0 heterocycles.